The number of rotatable bonds is 2. The molecule has 2 N–H and O–H groups in total. The van der Waals surface area contributed by atoms with Crippen LogP contribution < -0.4 is 10.1 Å². The van der Waals surface area contributed by atoms with E-state index in [9.17, 15) is 0 Å². The summed E-state index contributed by atoms with van der Waals surface area (Å²) in [6, 6.07) is 4.38. The summed E-state index contributed by atoms with van der Waals surface area (Å²) >= 11 is 0. The maximum absolute atomic E-state index is 9.15. The van der Waals surface area contributed by atoms with E-state index in [1.807, 2.05) is 0 Å². The molecule has 1 unspecified atom stereocenters. The topological polar surface area (TPSA) is 41.5 Å². The Balaban J connectivity index is 2.41. The first kappa shape index (κ1) is 10.5. The Morgan fingerprint density at radius 3 is 3.00 bits per heavy atom. The summed E-state index contributed by atoms with van der Waals surface area (Å²) in [7, 11) is 1.71. The molecule has 0 radical (unpaired) electrons. The molecule has 1 aromatic carbocycles. The molecule has 3 nitrogen and oxygen atoms in total. The Bertz CT molecular complexity index is 363. The molecule has 3 heteroatoms. The highest BCUT2D eigenvalue weighted by atomic mass is 16.5. The van der Waals surface area contributed by atoms with Gasteiger partial charge in [-0.1, -0.05) is 12.1 Å². The van der Waals surface area contributed by atoms with Crippen LogP contribution in [0.3, 0.4) is 0 Å². The van der Waals surface area contributed by atoms with Gasteiger partial charge in [0.1, 0.15) is 5.75 Å². The van der Waals surface area contributed by atoms with Crippen molar-refractivity contribution < 1.29 is 9.84 Å². The van der Waals surface area contributed by atoms with Gasteiger partial charge in [-0.25, -0.2) is 0 Å². The molecular weight excluding hydrogens is 190 g/mol. The van der Waals surface area contributed by atoms with Crippen LogP contribution >= 0.6 is 0 Å². The van der Waals surface area contributed by atoms with Crippen molar-refractivity contribution in [3.05, 3.63) is 28.8 Å². The fourth-order valence-corrected chi connectivity index (χ4v) is 2.16. The Labute approximate surface area is 90.1 Å². The molecule has 0 bridgehead atoms. The number of hydrogen-bond donors (Lipinski definition) is 2. The van der Waals surface area contributed by atoms with Crippen LogP contribution in [0.15, 0.2) is 12.1 Å². The van der Waals surface area contributed by atoms with Crippen molar-refractivity contribution in [2.75, 3.05) is 13.7 Å². The summed E-state index contributed by atoms with van der Waals surface area (Å²) in [5, 5.41) is 12.4. The predicted octanol–water partition coefficient (Wildman–Crippen LogP) is 1.01. The second-order valence-corrected chi connectivity index (χ2v) is 4.02. The van der Waals surface area contributed by atoms with E-state index in [4.69, 9.17) is 9.84 Å². The van der Waals surface area contributed by atoms with Crippen molar-refractivity contribution in [1.29, 1.82) is 0 Å². The number of fused-ring (bicyclic) bond motifs is 1. The van der Waals surface area contributed by atoms with Gasteiger partial charge in [0.15, 0.2) is 0 Å². The molecule has 0 fully saturated rings. The van der Waals surface area contributed by atoms with E-state index in [-0.39, 0.29) is 12.6 Å². The summed E-state index contributed by atoms with van der Waals surface area (Å²) < 4.78 is 5.43. The first-order chi connectivity index (χ1) is 7.26. The van der Waals surface area contributed by atoms with E-state index in [1.165, 1.54) is 11.1 Å². The minimum absolute atomic E-state index is 0.160. The lowest BCUT2D eigenvalue weighted by molar-refractivity contribution is 0.234. The third-order valence-electron chi connectivity index (χ3n) is 3.01. The minimum atomic E-state index is 0.160. The molecule has 2 rings (SSSR count). The van der Waals surface area contributed by atoms with E-state index in [2.05, 4.69) is 24.4 Å². The first-order valence-corrected chi connectivity index (χ1v) is 5.26. The number of methoxy groups -OCH3 is 1. The number of ether oxygens (including phenoxy) is 1. The van der Waals surface area contributed by atoms with E-state index >= 15 is 0 Å². The fourth-order valence-electron chi connectivity index (χ4n) is 2.16. The number of aryl methyl sites for hydroxylation is 1. The summed E-state index contributed by atoms with van der Waals surface area (Å²) in [5.74, 6) is 0.979. The Kier molecular flexibility index (Phi) is 2.93. The van der Waals surface area contributed by atoms with Gasteiger partial charge >= 0.3 is 0 Å². The SMILES string of the molecule is COc1c(C)ccc2c1CC(CO)NC2. The Morgan fingerprint density at radius 1 is 1.53 bits per heavy atom. The van der Waals surface area contributed by atoms with Crippen molar-refractivity contribution in [1.82, 2.24) is 5.32 Å². The lowest BCUT2D eigenvalue weighted by Gasteiger charge is -2.26. The van der Waals surface area contributed by atoms with Gasteiger partial charge in [0.25, 0.3) is 0 Å². The highest BCUT2D eigenvalue weighted by Crippen LogP contribution is 2.30. The number of aliphatic hydroxyl groups is 1. The number of nitrogens with one attached hydrogen (secondary N) is 1. The van der Waals surface area contributed by atoms with Gasteiger partial charge in [-0.3, -0.25) is 0 Å². The predicted molar refractivity (Wildman–Crippen MR) is 59.1 cm³/mol. The molecule has 1 heterocycles. The van der Waals surface area contributed by atoms with Crippen LogP contribution in [0.4, 0.5) is 0 Å². The first-order valence-electron chi connectivity index (χ1n) is 5.26. The average Bonchev–Trinajstić information content (AvgIpc) is 2.28. The third-order valence-corrected chi connectivity index (χ3v) is 3.01. The standard InChI is InChI=1S/C12H17NO2/c1-8-3-4-9-6-13-10(7-14)5-11(9)12(8)15-2/h3-4,10,13-14H,5-7H2,1-2H3. The van der Waals surface area contributed by atoms with Gasteiger partial charge in [0.2, 0.25) is 0 Å². The van der Waals surface area contributed by atoms with Crippen LogP contribution in [0, 0.1) is 6.92 Å². The smallest absolute Gasteiger partial charge is 0.125 e. The van der Waals surface area contributed by atoms with E-state index < -0.39 is 0 Å². The molecule has 0 amide bonds. The lowest BCUT2D eigenvalue weighted by atomic mass is 9.93. The molecule has 0 saturated carbocycles. The zero-order chi connectivity index (χ0) is 10.8. The van der Waals surface area contributed by atoms with Crippen molar-refractivity contribution in [3.63, 3.8) is 0 Å². The molecule has 0 spiro atoms. The van der Waals surface area contributed by atoms with Gasteiger partial charge in [-0.2, -0.15) is 0 Å². The molecule has 1 aliphatic rings. The average molecular weight is 207 g/mol. The summed E-state index contributed by atoms with van der Waals surface area (Å²) in [4.78, 5) is 0. The van der Waals surface area contributed by atoms with E-state index in [1.54, 1.807) is 7.11 Å². The molecular formula is C12H17NO2. The Morgan fingerprint density at radius 2 is 2.33 bits per heavy atom. The summed E-state index contributed by atoms with van der Waals surface area (Å²) in [6.07, 6.45) is 0.844. The molecule has 0 aromatic heterocycles. The normalized spacial score (nSPS) is 19.8. The molecule has 1 atom stereocenters. The van der Waals surface area contributed by atoms with Crippen LogP contribution in [0.5, 0.6) is 5.75 Å². The molecule has 15 heavy (non-hydrogen) atoms. The third kappa shape index (κ3) is 1.85. The quantitative estimate of drug-likeness (QED) is 0.760. The van der Waals surface area contributed by atoms with Gasteiger partial charge in [0, 0.05) is 18.2 Å². The minimum Gasteiger partial charge on any atom is -0.496 e. The van der Waals surface area contributed by atoms with Crippen LogP contribution in [0.2, 0.25) is 0 Å². The highest BCUT2D eigenvalue weighted by Gasteiger charge is 2.21. The van der Waals surface area contributed by atoms with Gasteiger partial charge in [-0.15, -0.1) is 0 Å². The molecule has 1 aromatic rings. The molecule has 1 aliphatic heterocycles. The van der Waals surface area contributed by atoms with Crippen LogP contribution in [0.1, 0.15) is 16.7 Å². The second kappa shape index (κ2) is 4.21. The number of aliphatic hydroxyl groups excluding tert-OH is 1. The monoisotopic (exact) mass is 207 g/mol. The van der Waals surface area contributed by atoms with Gasteiger partial charge in [-0.05, 0) is 24.5 Å². The van der Waals surface area contributed by atoms with Crippen molar-refractivity contribution in [2.45, 2.75) is 25.9 Å². The van der Waals surface area contributed by atoms with E-state index in [0.717, 1.165) is 24.3 Å². The van der Waals surface area contributed by atoms with Gasteiger partial charge < -0.3 is 15.2 Å². The van der Waals surface area contributed by atoms with Crippen molar-refractivity contribution in [2.24, 2.45) is 0 Å². The second-order valence-electron chi connectivity index (χ2n) is 4.02. The van der Waals surface area contributed by atoms with Gasteiger partial charge in [0.05, 0.1) is 13.7 Å². The van der Waals surface area contributed by atoms with E-state index in [0.29, 0.717) is 0 Å². The van der Waals surface area contributed by atoms with Crippen LogP contribution in [-0.4, -0.2) is 24.9 Å². The Hall–Kier alpha value is -1.06. The number of hydrogen-bond acceptors (Lipinski definition) is 3. The maximum atomic E-state index is 9.15. The zero-order valence-electron chi connectivity index (χ0n) is 9.21. The fraction of sp³-hybridized carbons (Fsp3) is 0.500. The van der Waals surface area contributed by atoms with Crippen molar-refractivity contribution in [3.8, 4) is 5.75 Å². The van der Waals surface area contributed by atoms with Crippen molar-refractivity contribution >= 4 is 0 Å². The maximum Gasteiger partial charge on any atom is 0.125 e. The summed E-state index contributed by atoms with van der Waals surface area (Å²) in [5.41, 5.74) is 3.69. The van der Waals surface area contributed by atoms with Crippen LogP contribution in [-0.2, 0) is 13.0 Å². The van der Waals surface area contributed by atoms with Crippen LogP contribution in [0.25, 0.3) is 0 Å². The highest BCUT2D eigenvalue weighted by molar-refractivity contribution is 5.47. The number of benzene rings is 1. The summed E-state index contributed by atoms with van der Waals surface area (Å²) in [6.45, 7) is 3.04. The molecule has 82 valence electrons. The lowest BCUT2D eigenvalue weighted by Crippen LogP contribution is -2.38. The molecule has 0 aliphatic carbocycles. The molecule has 0 saturated heterocycles. The largest absolute Gasteiger partial charge is 0.496 e. The zero-order valence-corrected chi connectivity index (χ0v) is 9.21.